The second-order valence-corrected chi connectivity index (χ2v) is 7.71. The van der Waals surface area contributed by atoms with Gasteiger partial charge in [0.05, 0.1) is 12.1 Å². The van der Waals surface area contributed by atoms with Gasteiger partial charge in [0.1, 0.15) is 5.60 Å². The number of anilines is 1. The highest BCUT2D eigenvalue weighted by molar-refractivity contribution is 5.89. The number of likely N-dealkylation sites (tertiary alicyclic amines) is 1. The summed E-state index contributed by atoms with van der Waals surface area (Å²) in [4.78, 5) is 26.2. The Hall–Kier alpha value is -2.72. The Labute approximate surface area is 160 Å². The van der Waals surface area contributed by atoms with Crippen LogP contribution in [0.3, 0.4) is 0 Å². The quantitative estimate of drug-likeness (QED) is 0.710. The topological polar surface area (TPSA) is 90.9 Å². The summed E-state index contributed by atoms with van der Waals surface area (Å²) in [6, 6.07) is 6.82. The number of urea groups is 1. The molecular formula is C20H27N3O4. The van der Waals surface area contributed by atoms with Crippen molar-refractivity contribution >= 4 is 17.8 Å². The maximum Gasteiger partial charge on any atom is 0.408 e. The van der Waals surface area contributed by atoms with E-state index in [1.165, 1.54) is 0 Å². The van der Waals surface area contributed by atoms with Gasteiger partial charge < -0.3 is 25.4 Å². The lowest BCUT2D eigenvalue weighted by molar-refractivity contribution is 0.0307. The van der Waals surface area contributed by atoms with Crippen LogP contribution in [-0.4, -0.2) is 53.0 Å². The van der Waals surface area contributed by atoms with Gasteiger partial charge in [-0.05, 0) is 51.8 Å². The number of aliphatic hydroxyl groups is 1. The zero-order valence-electron chi connectivity index (χ0n) is 16.0. The van der Waals surface area contributed by atoms with E-state index in [2.05, 4.69) is 16.6 Å². The molecule has 0 unspecified atom stereocenters. The third-order valence-corrected chi connectivity index (χ3v) is 4.36. The molecule has 0 bridgehead atoms. The average Bonchev–Trinajstić information content (AvgIpc) is 2.60. The Kier molecular flexibility index (Phi) is 6.34. The van der Waals surface area contributed by atoms with E-state index in [0.29, 0.717) is 37.2 Å². The first kappa shape index (κ1) is 20.6. The summed E-state index contributed by atoms with van der Waals surface area (Å²) >= 11 is 0. The number of terminal acetylenes is 1. The van der Waals surface area contributed by atoms with Crippen LogP contribution >= 0.6 is 0 Å². The van der Waals surface area contributed by atoms with Gasteiger partial charge in [0.25, 0.3) is 0 Å². The predicted octanol–water partition coefficient (Wildman–Crippen LogP) is 2.55. The van der Waals surface area contributed by atoms with E-state index < -0.39 is 17.2 Å². The number of ether oxygens (including phenoxy) is 1. The molecule has 3 N–H and O–H groups in total. The summed E-state index contributed by atoms with van der Waals surface area (Å²) in [6.45, 7) is 5.92. The van der Waals surface area contributed by atoms with E-state index >= 15 is 0 Å². The van der Waals surface area contributed by atoms with E-state index in [1.54, 1.807) is 49.9 Å². The summed E-state index contributed by atoms with van der Waals surface area (Å²) in [6.07, 6.45) is 5.67. The molecule has 1 aliphatic rings. The normalized spacial score (nSPS) is 16.2. The van der Waals surface area contributed by atoms with Gasteiger partial charge in [0, 0.05) is 24.3 Å². The first-order valence-corrected chi connectivity index (χ1v) is 8.91. The van der Waals surface area contributed by atoms with Crippen molar-refractivity contribution in [3.05, 3.63) is 29.8 Å². The molecule has 0 spiro atoms. The van der Waals surface area contributed by atoms with Crippen molar-refractivity contribution in [1.82, 2.24) is 10.2 Å². The standard InChI is InChI=1S/C20H27N3O4/c1-5-15-7-6-8-16(13-15)21-17(25)23-11-9-20(14-24,10-12-23)22-18(26)27-19(2,3)4/h1,6-8,13,24H,9-12,14H2,2-4H3,(H,21,25)(H,22,26). The number of piperidine rings is 1. The van der Waals surface area contributed by atoms with Gasteiger partial charge in [0.15, 0.2) is 0 Å². The molecule has 0 aliphatic carbocycles. The molecule has 3 amide bonds. The van der Waals surface area contributed by atoms with Crippen molar-refractivity contribution < 1.29 is 19.4 Å². The number of hydrogen-bond acceptors (Lipinski definition) is 4. The van der Waals surface area contributed by atoms with Crippen LogP contribution in [-0.2, 0) is 4.74 Å². The number of aliphatic hydroxyl groups excluding tert-OH is 1. The van der Waals surface area contributed by atoms with Crippen LogP contribution in [0.15, 0.2) is 24.3 Å². The van der Waals surface area contributed by atoms with Crippen molar-refractivity contribution in [2.24, 2.45) is 0 Å². The fourth-order valence-electron chi connectivity index (χ4n) is 2.87. The third kappa shape index (κ3) is 5.90. The summed E-state index contributed by atoms with van der Waals surface area (Å²) in [5.74, 6) is 2.53. The number of amides is 3. The molecule has 146 valence electrons. The molecule has 1 aliphatic heterocycles. The summed E-state index contributed by atoms with van der Waals surface area (Å²) in [5, 5.41) is 15.4. The fourth-order valence-corrected chi connectivity index (χ4v) is 2.87. The molecule has 1 saturated heterocycles. The molecule has 7 heteroatoms. The van der Waals surface area contributed by atoms with Crippen LogP contribution in [0.2, 0.25) is 0 Å². The lowest BCUT2D eigenvalue weighted by Gasteiger charge is -2.41. The zero-order valence-corrected chi connectivity index (χ0v) is 16.0. The Morgan fingerprint density at radius 3 is 2.56 bits per heavy atom. The lowest BCUT2D eigenvalue weighted by Crippen LogP contribution is -2.59. The molecule has 0 atom stereocenters. The van der Waals surface area contributed by atoms with Crippen molar-refractivity contribution in [3.8, 4) is 12.3 Å². The van der Waals surface area contributed by atoms with Crippen molar-refractivity contribution in [3.63, 3.8) is 0 Å². The van der Waals surface area contributed by atoms with Gasteiger partial charge in [-0.3, -0.25) is 0 Å². The Balaban J connectivity index is 1.93. The highest BCUT2D eigenvalue weighted by Crippen LogP contribution is 2.23. The van der Waals surface area contributed by atoms with Crippen LogP contribution in [0.25, 0.3) is 0 Å². The monoisotopic (exact) mass is 373 g/mol. The molecule has 1 aromatic carbocycles. The molecular weight excluding hydrogens is 346 g/mol. The number of nitrogens with zero attached hydrogens (tertiary/aromatic N) is 1. The molecule has 7 nitrogen and oxygen atoms in total. The Bertz CT molecular complexity index is 725. The molecule has 1 fully saturated rings. The Morgan fingerprint density at radius 1 is 1.33 bits per heavy atom. The maximum absolute atomic E-state index is 12.5. The van der Waals surface area contributed by atoms with Crippen LogP contribution in [0, 0.1) is 12.3 Å². The number of carbonyl (C=O) groups is 2. The van der Waals surface area contributed by atoms with Crippen LogP contribution < -0.4 is 10.6 Å². The summed E-state index contributed by atoms with van der Waals surface area (Å²) in [7, 11) is 0. The fraction of sp³-hybridized carbons (Fsp3) is 0.500. The summed E-state index contributed by atoms with van der Waals surface area (Å²) in [5.41, 5.74) is -0.0925. The predicted molar refractivity (Wildman–Crippen MR) is 103 cm³/mol. The van der Waals surface area contributed by atoms with Gasteiger partial charge in [-0.1, -0.05) is 12.0 Å². The highest BCUT2D eigenvalue weighted by atomic mass is 16.6. The largest absolute Gasteiger partial charge is 0.444 e. The first-order valence-electron chi connectivity index (χ1n) is 8.91. The minimum Gasteiger partial charge on any atom is -0.444 e. The second kappa shape index (κ2) is 8.31. The molecule has 1 heterocycles. The lowest BCUT2D eigenvalue weighted by atomic mass is 9.88. The van der Waals surface area contributed by atoms with Crippen LogP contribution in [0.5, 0.6) is 0 Å². The zero-order chi connectivity index (χ0) is 20.1. The number of benzene rings is 1. The van der Waals surface area contributed by atoms with E-state index in [4.69, 9.17) is 11.2 Å². The molecule has 1 aromatic rings. The van der Waals surface area contributed by atoms with E-state index in [1.807, 2.05) is 0 Å². The van der Waals surface area contributed by atoms with E-state index in [0.717, 1.165) is 0 Å². The number of rotatable bonds is 3. The van der Waals surface area contributed by atoms with Crippen molar-refractivity contribution in [1.29, 1.82) is 0 Å². The van der Waals surface area contributed by atoms with Gasteiger partial charge in [-0.25, -0.2) is 9.59 Å². The summed E-state index contributed by atoms with van der Waals surface area (Å²) < 4.78 is 5.27. The minimum absolute atomic E-state index is 0.216. The molecule has 0 aromatic heterocycles. The Morgan fingerprint density at radius 2 is 2.00 bits per heavy atom. The molecule has 0 saturated carbocycles. The van der Waals surface area contributed by atoms with Crippen LogP contribution in [0.1, 0.15) is 39.2 Å². The second-order valence-electron chi connectivity index (χ2n) is 7.71. The van der Waals surface area contributed by atoms with Crippen LogP contribution in [0.4, 0.5) is 15.3 Å². The minimum atomic E-state index is -0.789. The van der Waals surface area contributed by atoms with Gasteiger partial charge in [-0.2, -0.15) is 0 Å². The third-order valence-electron chi connectivity index (χ3n) is 4.36. The highest BCUT2D eigenvalue weighted by Gasteiger charge is 2.38. The number of carbonyl (C=O) groups excluding carboxylic acids is 2. The molecule has 27 heavy (non-hydrogen) atoms. The van der Waals surface area contributed by atoms with Crippen molar-refractivity contribution in [2.45, 2.75) is 44.8 Å². The van der Waals surface area contributed by atoms with Gasteiger partial charge in [-0.15, -0.1) is 6.42 Å². The molecule has 2 rings (SSSR count). The first-order chi connectivity index (χ1) is 12.7. The number of alkyl carbamates (subject to hydrolysis) is 1. The smallest absolute Gasteiger partial charge is 0.408 e. The molecule has 0 radical (unpaired) electrons. The van der Waals surface area contributed by atoms with Gasteiger partial charge >= 0.3 is 12.1 Å². The maximum atomic E-state index is 12.5. The number of nitrogens with one attached hydrogen (secondary N) is 2. The average molecular weight is 373 g/mol. The number of hydrogen-bond donors (Lipinski definition) is 3. The van der Waals surface area contributed by atoms with E-state index in [9.17, 15) is 14.7 Å². The SMILES string of the molecule is C#Cc1cccc(NC(=O)N2CCC(CO)(NC(=O)OC(C)(C)C)CC2)c1. The van der Waals surface area contributed by atoms with E-state index in [-0.39, 0.29) is 12.6 Å². The van der Waals surface area contributed by atoms with Crippen molar-refractivity contribution in [2.75, 3.05) is 25.0 Å². The van der Waals surface area contributed by atoms with Gasteiger partial charge in [0.2, 0.25) is 0 Å².